The Labute approximate surface area is 115 Å². The number of methoxy groups -OCH3 is 1. The van der Waals surface area contributed by atoms with Crippen molar-refractivity contribution in [1.82, 2.24) is 15.1 Å². The number of amides is 1. The lowest BCUT2D eigenvalue weighted by Gasteiger charge is -2.28. The molecule has 1 aliphatic rings. The number of likely N-dealkylation sites (tertiary alicyclic amines) is 1. The summed E-state index contributed by atoms with van der Waals surface area (Å²) in [5.41, 5.74) is 0. The molecule has 1 saturated heterocycles. The number of hydrogen-bond acceptors (Lipinski definition) is 5. The Morgan fingerprint density at radius 1 is 1.53 bits per heavy atom. The summed E-state index contributed by atoms with van der Waals surface area (Å²) < 4.78 is 4.71. The van der Waals surface area contributed by atoms with Crippen molar-refractivity contribution in [1.29, 1.82) is 0 Å². The first-order chi connectivity index (χ1) is 8.93. The summed E-state index contributed by atoms with van der Waals surface area (Å²) in [7, 11) is 5.42. The Balaban J connectivity index is 2.47. The molecule has 6 nitrogen and oxygen atoms in total. The standard InChI is InChI=1S/C13H25N3O3/c1-10(17)14-12(13(18)19-4)9-15(2)8-11-6-5-7-16(11)3/h11-12H,5-9H2,1-4H3,(H,14,17). The molecule has 0 bridgehead atoms. The number of hydrogen-bond donors (Lipinski definition) is 1. The number of carbonyl (C=O) groups excluding carboxylic acids is 2. The zero-order valence-electron chi connectivity index (χ0n) is 12.3. The van der Waals surface area contributed by atoms with Gasteiger partial charge < -0.3 is 19.9 Å². The third kappa shape index (κ3) is 5.16. The monoisotopic (exact) mass is 271 g/mol. The number of ether oxygens (including phenoxy) is 1. The highest BCUT2D eigenvalue weighted by atomic mass is 16.5. The summed E-state index contributed by atoms with van der Waals surface area (Å²) in [4.78, 5) is 27.1. The Hall–Kier alpha value is -1.14. The van der Waals surface area contributed by atoms with Crippen LogP contribution < -0.4 is 5.32 Å². The van der Waals surface area contributed by atoms with E-state index in [1.54, 1.807) is 0 Å². The molecule has 1 rings (SSSR count). The van der Waals surface area contributed by atoms with Gasteiger partial charge in [-0.15, -0.1) is 0 Å². The van der Waals surface area contributed by atoms with Crippen LogP contribution in [0, 0.1) is 0 Å². The molecule has 0 aromatic rings. The van der Waals surface area contributed by atoms with E-state index >= 15 is 0 Å². The highest BCUT2D eigenvalue weighted by molar-refractivity contribution is 5.83. The van der Waals surface area contributed by atoms with Gasteiger partial charge in [-0.05, 0) is 33.5 Å². The molecule has 0 aliphatic carbocycles. The molecule has 19 heavy (non-hydrogen) atoms. The molecule has 0 saturated carbocycles. The van der Waals surface area contributed by atoms with Gasteiger partial charge in [0.05, 0.1) is 7.11 Å². The smallest absolute Gasteiger partial charge is 0.329 e. The molecule has 0 radical (unpaired) electrons. The topological polar surface area (TPSA) is 61.9 Å². The van der Waals surface area contributed by atoms with E-state index in [0.717, 1.165) is 13.1 Å². The zero-order chi connectivity index (χ0) is 14.4. The van der Waals surface area contributed by atoms with Crippen molar-refractivity contribution >= 4 is 11.9 Å². The maximum absolute atomic E-state index is 11.6. The van der Waals surface area contributed by atoms with Crippen LogP contribution in [0.15, 0.2) is 0 Å². The predicted octanol–water partition coefficient (Wildman–Crippen LogP) is -0.310. The van der Waals surface area contributed by atoms with Crippen molar-refractivity contribution in [3.63, 3.8) is 0 Å². The van der Waals surface area contributed by atoms with Crippen molar-refractivity contribution < 1.29 is 14.3 Å². The van der Waals surface area contributed by atoms with Crippen LogP contribution in [-0.2, 0) is 14.3 Å². The first-order valence-electron chi connectivity index (χ1n) is 6.67. The number of esters is 1. The molecule has 6 heteroatoms. The third-order valence-electron chi connectivity index (χ3n) is 3.55. The van der Waals surface area contributed by atoms with Crippen LogP contribution in [-0.4, -0.2) is 74.6 Å². The van der Waals surface area contributed by atoms with Crippen molar-refractivity contribution in [3.8, 4) is 0 Å². The molecule has 110 valence electrons. The average Bonchev–Trinajstić information content (AvgIpc) is 2.72. The molecular formula is C13H25N3O3. The van der Waals surface area contributed by atoms with Crippen LogP contribution in [0.4, 0.5) is 0 Å². The van der Waals surface area contributed by atoms with Crippen molar-refractivity contribution in [2.75, 3.05) is 40.8 Å². The highest BCUT2D eigenvalue weighted by Crippen LogP contribution is 2.15. The quantitative estimate of drug-likeness (QED) is 0.672. The minimum Gasteiger partial charge on any atom is -0.467 e. The lowest BCUT2D eigenvalue weighted by molar-refractivity contribution is -0.145. The van der Waals surface area contributed by atoms with Crippen LogP contribution in [0.25, 0.3) is 0 Å². The maximum Gasteiger partial charge on any atom is 0.329 e. The molecule has 1 aliphatic heterocycles. The van der Waals surface area contributed by atoms with Gasteiger partial charge in [-0.3, -0.25) is 4.79 Å². The van der Waals surface area contributed by atoms with E-state index in [2.05, 4.69) is 22.2 Å². The molecule has 1 heterocycles. The van der Waals surface area contributed by atoms with Crippen LogP contribution in [0.5, 0.6) is 0 Å². The number of nitrogens with zero attached hydrogens (tertiary/aromatic N) is 2. The molecule has 0 aromatic heterocycles. The number of nitrogens with one attached hydrogen (secondary N) is 1. The van der Waals surface area contributed by atoms with E-state index in [1.807, 2.05) is 7.05 Å². The van der Waals surface area contributed by atoms with Gasteiger partial charge >= 0.3 is 5.97 Å². The zero-order valence-corrected chi connectivity index (χ0v) is 12.3. The molecule has 2 atom stereocenters. The van der Waals surface area contributed by atoms with Gasteiger partial charge in [0, 0.05) is 26.1 Å². The fraction of sp³-hybridized carbons (Fsp3) is 0.846. The largest absolute Gasteiger partial charge is 0.467 e. The Bertz CT molecular complexity index is 322. The fourth-order valence-electron chi connectivity index (χ4n) is 2.52. The van der Waals surface area contributed by atoms with Gasteiger partial charge in [0.2, 0.25) is 5.91 Å². The number of rotatable bonds is 6. The fourth-order valence-corrected chi connectivity index (χ4v) is 2.52. The van der Waals surface area contributed by atoms with E-state index in [1.165, 1.54) is 26.9 Å². The van der Waals surface area contributed by atoms with E-state index in [0.29, 0.717) is 12.6 Å². The van der Waals surface area contributed by atoms with Crippen LogP contribution in [0.3, 0.4) is 0 Å². The predicted molar refractivity (Wildman–Crippen MR) is 72.8 cm³/mol. The molecule has 0 aromatic carbocycles. The van der Waals surface area contributed by atoms with Gasteiger partial charge in [-0.1, -0.05) is 0 Å². The van der Waals surface area contributed by atoms with E-state index in [4.69, 9.17) is 4.74 Å². The maximum atomic E-state index is 11.6. The lowest BCUT2D eigenvalue weighted by atomic mass is 10.2. The second-order valence-electron chi connectivity index (χ2n) is 5.27. The van der Waals surface area contributed by atoms with E-state index < -0.39 is 12.0 Å². The second kappa shape index (κ2) is 7.45. The first kappa shape index (κ1) is 15.9. The molecule has 1 N–H and O–H groups in total. The lowest BCUT2D eigenvalue weighted by Crippen LogP contribution is -2.49. The van der Waals surface area contributed by atoms with E-state index in [-0.39, 0.29) is 5.91 Å². The number of likely N-dealkylation sites (N-methyl/N-ethyl adjacent to an activating group) is 2. The van der Waals surface area contributed by atoms with Gasteiger partial charge in [0.25, 0.3) is 0 Å². The first-order valence-corrected chi connectivity index (χ1v) is 6.67. The van der Waals surface area contributed by atoms with Crippen molar-refractivity contribution in [3.05, 3.63) is 0 Å². The Kier molecular flexibility index (Phi) is 6.24. The average molecular weight is 271 g/mol. The summed E-state index contributed by atoms with van der Waals surface area (Å²) in [6.45, 7) is 3.89. The van der Waals surface area contributed by atoms with Gasteiger partial charge in [-0.25, -0.2) is 4.79 Å². The van der Waals surface area contributed by atoms with Gasteiger partial charge in [0.1, 0.15) is 6.04 Å². The third-order valence-corrected chi connectivity index (χ3v) is 3.55. The second-order valence-corrected chi connectivity index (χ2v) is 5.27. The molecule has 1 amide bonds. The molecule has 2 unspecified atom stereocenters. The van der Waals surface area contributed by atoms with Gasteiger partial charge in [0.15, 0.2) is 0 Å². The van der Waals surface area contributed by atoms with Crippen molar-refractivity contribution in [2.24, 2.45) is 0 Å². The summed E-state index contributed by atoms with van der Waals surface area (Å²) in [6.07, 6.45) is 2.41. The van der Waals surface area contributed by atoms with Crippen LogP contribution >= 0.6 is 0 Å². The highest BCUT2D eigenvalue weighted by Gasteiger charge is 2.26. The Morgan fingerprint density at radius 2 is 2.21 bits per heavy atom. The van der Waals surface area contributed by atoms with Gasteiger partial charge in [-0.2, -0.15) is 0 Å². The Morgan fingerprint density at radius 3 is 2.68 bits per heavy atom. The SMILES string of the molecule is COC(=O)C(CN(C)CC1CCCN1C)NC(C)=O. The summed E-state index contributed by atoms with van der Waals surface area (Å²) in [5.74, 6) is -0.622. The molecule has 1 fully saturated rings. The molecular weight excluding hydrogens is 246 g/mol. The van der Waals surface area contributed by atoms with E-state index in [9.17, 15) is 9.59 Å². The minimum atomic E-state index is -0.598. The summed E-state index contributed by atoms with van der Waals surface area (Å²) >= 11 is 0. The minimum absolute atomic E-state index is 0.221. The van der Waals surface area contributed by atoms with Crippen LogP contribution in [0.2, 0.25) is 0 Å². The normalized spacial score (nSPS) is 21.4. The van der Waals surface area contributed by atoms with Crippen LogP contribution in [0.1, 0.15) is 19.8 Å². The molecule has 0 spiro atoms. The number of carbonyl (C=O) groups is 2. The summed E-state index contributed by atoms with van der Waals surface area (Å²) in [6, 6.07) is -0.0696. The summed E-state index contributed by atoms with van der Waals surface area (Å²) in [5, 5.41) is 2.63. The van der Waals surface area contributed by atoms with Crippen molar-refractivity contribution in [2.45, 2.75) is 31.8 Å².